The summed E-state index contributed by atoms with van der Waals surface area (Å²) < 4.78 is 9.37. The molecule has 1 amide bonds. The molecular weight excluding hydrogens is 266 g/mol. The lowest BCUT2D eigenvalue weighted by Gasteiger charge is -2.21. The van der Waals surface area contributed by atoms with E-state index in [2.05, 4.69) is 10.1 Å². The number of hydrogen-bond acceptors (Lipinski definition) is 5. The van der Waals surface area contributed by atoms with E-state index in [1.807, 2.05) is 0 Å². The number of carboxylic acid groups (broad SMARTS) is 1. The lowest BCUT2D eigenvalue weighted by Crippen LogP contribution is -2.43. The van der Waals surface area contributed by atoms with Gasteiger partial charge in [0.15, 0.2) is 0 Å². The molecule has 0 aromatic rings. The number of amides is 1. The summed E-state index contributed by atoms with van der Waals surface area (Å²) in [6.07, 6.45) is 2.34. The van der Waals surface area contributed by atoms with Gasteiger partial charge in [0, 0.05) is 6.08 Å². The second-order valence-electron chi connectivity index (χ2n) is 5.04. The Morgan fingerprint density at radius 2 is 1.90 bits per heavy atom. The minimum atomic E-state index is -1.16. The van der Waals surface area contributed by atoms with Gasteiger partial charge in [-0.3, -0.25) is 0 Å². The fourth-order valence-electron chi connectivity index (χ4n) is 1.22. The standard InChI is InChI=1S/C13H21NO6/c1-13(2,3)20-12(18)14-9(11(16)17)7-5-6-8-10(15)19-4/h6,8-9H,5,7H2,1-4H3,(H,14,18)(H,16,17)/b8-6+. The molecule has 0 aliphatic carbocycles. The van der Waals surface area contributed by atoms with E-state index in [4.69, 9.17) is 9.84 Å². The van der Waals surface area contributed by atoms with Crippen LogP contribution in [0.15, 0.2) is 12.2 Å². The van der Waals surface area contributed by atoms with Crippen LogP contribution in [-0.4, -0.2) is 41.9 Å². The number of aliphatic carboxylic acids is 1. The Hall–Kier alpha value is -2.05. The van der Waals surface area contributed by atoms with Crippen LogP contribution in [0.3, 0.4) is 0 Å². The van der Waals surface area contributed by atoms with Gasteiger partial charge in [-0.15, -0.1) is 0 Å². The van der Waals surface area contributed by atoms with E-state index in [9.17, 15) is 14.4 Å². The van der Waals surface area contributed by atoms with Gasteiger partial charge in [0.05, 0.1) is 7.11 Å². The van der Waals surface area contributed by atoms with E-state index in [0.717, 1.165) is 0 Å². The summed E-state index contributed by atoms with van der Waals surface area (Å²) in [7, 11) is 1.25. The summed E-state index contributed by atoms with van der Waals surface area (Å²) >= 11 is 0. The van der Waals surface area contributed by atoms with Gasteiger partial charge < -0.3 is 19.9 Å². The number of hydrogen-bond donors (Lipinski definition) is 2. The van der Waals surface area contributed by atoms with Crippen LogP contribution in [0.4, 0.5) is 4.79 Å². The smallest absolute Gasteiger partial charge is 0.408 e. The largest absolute Gasteiger partial charge is 0.480 e. The summed E-state index contributed by atoms with van der Waals surface area (Å²) in [4.78, 5) is 33.3. The minimum absolute atomic E-state index is 0.141. The number of carbonyl (C=O) groups excluding carboxylic acids is 2. The van der Waals surface area contributed by atoms with Gasteiger partial charge in [-0.25, -0.2) is 14.4 Å². The van der Waals surface area contributed by atoms with Crippen molar-refractivity contribution in [2.75, 3.05) is 7.11 Å². The van der Waals surface area contributed by atoms with Crippen molar-refractivity contribution in [3.8, 4) is 0 Å². The van der Waals surface area contributed by atoms with Crippen LogP contribution in [0.1, 0.15) is 33.6 Å². The third kappa shape index (κ3) is 8.96. The lowest BCUT2D eigenvalue weighted by atomic mass is 10.1. The molecule has 114 valence electrons. The Balaban J connectivity index is 4.31. The van der Waals surface area contributed by atoms with Crippen LogP contribution in [0.2, 0.25) is 0 Å². The normalized spacial score (nSPS) is 12.8. The van der Waals surface area contributed by atoms with Crippen molar-refractivity contribution in [2.45, 2.75) is 45.3 Å². The van der Waals surface area contributed by atoms with Gasteiger partial charge in [0.1, 0.15) is 11.6 Å². The highest BCUT2D eigenvalue weighted by atomic mass is 16.6. The fraction of sp³-hybridized carbons (Fsp3) is 0.615. The first-order valence-corrected chi connectivity index (χ1v) is 6.12. The number of rotatable bonds is 6. The van der Waals surface area contributed by atoms with Gasteiger partial charge in [-0.05, 0) is 33.6 Å². The van der Waals surface area contributed by atoms with Crippen molar-refractivity contribution in [1.82, 2.24) is 5.32 Å². The molecule has 20 heavy (non-hydrogen) atoms. The van der Waals surface area contributed by atoms with E-state index in [-0.39, 0.29) is 6.42 Å². The summed E-state index contributed by atoms with van der Waals surface area (Å²) in [5, 5.41) is 11.3. The van der Waals surface area contributed by atoms with E-state index < -0.39 is 29.7 Å². The first-order valence-electron chi connectivity index (χ1n) is 6.12. The third-order valence-electron chi connectivity index (χ3n) is 2.07. The number of methoxy groups -OCH3 is 1. The maximum absolute atomic E-state index is 11.5. The molecule has 0 saturated heterocycles. The number of ether oxygens (including phenoxy) is 2. The second kappa shape index (κ2) is 8.19. The molecule has 0 aromatic heterocycles. The number of nitrogens with one attached hydrogen (secondary N) is 1. The Morgan fingerprint density at radius 3 is 2.35 bits per heavy atom. The molecule has 0 aliphatic rings. The molecule has 2 N–H and O–H groups in total. The number of esters is 1. The van der Waals surface area contributed by atoms with Crippen LogP contribution in [-0.2, 0) is 19.1 Å². The number of allylic oxidation sites excluding steroid dienone is 1. The average Bonchev–Trinajstić information content (AvgIpc) is 2.29. The van der Waals surface area contributed by atoms with Crippen molar-refractivity contribution >= 4 is 18.0 Å². The van der Waals surface area contributed by atoms with Gasteiger partial charge in [-0.1, -0.05) is 6.08 Å². The van der Waals surface area contributed by atoms with E-state index in [1.165, 1.54) is 19.3 Å². The summed E-state index contributed by atoms with van der Waals surface area (Å²) in [5.74, 6) is -1.68. The molecule has 0 saturated carbocycles. The van der Waals surface area contributed by atoms with E-state index in [0.29, 0.717) is 6.42 Å². The first-order chi connectivity index (χ1) is 9.15. The zero-order valence-electron chi connectivity index (χ0n) is 12.1. The molecule has 0 aromatic carbocycles. The number of alkyl carbamates (subject to hydrolysis) is 1. The Morgan fingerprint density at radius 1 is 1.30 bits per heavy atom. The highest BCUT2D eigenvalue weighted by Crippen LogP contribution is 2.08. The third-order valence-corrected chi connectivity index (χ3v) is 2.07. The van der Waals surface area contributed by atoms with E-state index in [1.54, 1.807) is 20.8 Å². The summed E-state index contributed by atoms with van der Waals surface area (Å²) in [6, 6.07) is -1.08. The van der Waals surface area contributed by atoms with Crippen LogP contribution in [0, 0.1) is 0 Å². The maximum Gasteiger partial charge on any atom is 0.408 e. The maximum atomic E-state index is 11.5. The molecule has 0 bridgehead atoms. The summed E-state index contributed by atoms with van der Waals surface area (Å²) in [5.41, 5.74) is -0.697. The average molecular weight is 287 g/mol. The van der Waals surface area contributed by atoms with E-state index >= 15 is 0 Å². The molecule has 1 unspecified atom stereocenters. The predicted octanol–water partition coefficient (Wildman–Crippen LogP) is 1.47. The van der Waals surface area contributed by atoms with Gasteiger partial charge >= 0.3 is 18.0 Å². The molecule has 0 fully saturated rings. The van der Waals surface area contributed by atoms with Crippen molar-refractivity contribution in [1.29, 1.82) is 0 Å². The topological polar surface area (TPSA) is 102 Å². The van der Waals surface area contributed by atoms with Crippen molar-refractivity contribution < 1.29 is 29.0 Å². The molecule has 7 heteroatoms. The highest BCUT2D eigenvalue weighted by Gasteiger charge is 2.23. The second-order valence-corrected chi connectivity index (χ2v) is 5.04. The molecule has 0 spiro atoms. The van der Waals surface area contributed by atoms with Crippen LogP contribution >= 0.6 is 0 Å². The number of carbonyl (C=O) groups is 3. The summed E-state index contributed by atoms with van der Waals surface area (Å²) in [6.45, 7) is 5.05. The van der Waals surface area contributed by atoms with Crippen molar-refractivity contribution in [3.63, 3.8) is 0 Å². The molecule has 0 aliphatic heterocycles. The van der Waals surface area contributed by atoms with Crippen molar-refractivity contribution in [3.05, 3.63) is 12.2 Å². The molecule has 1 atom stereocenters. The molecular formula is C13H21NO6. The zero-order chi connectivity index (χ0) is 15.8. The number of carboxylic acids is 1. The molecule has 7 nitrogen and oxygen atoms in total. The van der Waals surface area contributed by atoms with Crippen molar-refractivity contribution in [2.24, 2.45) is 0 Å². The van der Waals surface area contributed by atoms with Gasteiger partial charge in [-0.2, -0.15) is 0 Å². The SMILES string of the molecule is COC(=O)/C=C/CCC(NC(=O)OC(C)(C)C)C(=O)O. The Bertz CT molecular complexity index is 383. The quantitative estimate of drug-likeness (QED) is 0.566. The lowest BCUT2D eigenvalue weighted by molar-refractivity contribution is -0.139. The predicted molar refractivity (Wildman–Crippen MR) is 71.2 cm³/mol. The highest BCUT2D eigenvalue weighted by molar-refractivity contribution is 5.82. The van der Waals surface area contributed by atoms with Crippen LogP contribution < -0.4 is 5.32 Å². The van der Waals surface area contributed by atoms with Gasteiger partial charge in [0.25, 0.3) is 0 Å². The molecule has 0 rings (SSSR count). The Kier molecular flexibility index (Phi) is 7.35. The minimum Gasteiger partial charge on any atom is -0.480 e. The monoisotopic (exact) mass is 287 g/mol. The van der Waals surface area contributed by atoms with Crippen LogP contribution in [0.25, 0.3) is 0 Å². The fourth-order valence-corrected chi connectivity index (χ4v) is 1.22. The first kappa shape index (κ1) is 17.9. The van der Waals surface area contributed by atoms with Crippen LogP contribution in [0.5, 0.6) is 0 Å². The molecule has 0 radical (unpaired) electrons. The van der Waals surface area contributed by atoms with Gasteiger partial charge in [0.2, 0.25) is 0 Å². The molecule has 0 heterocycles. The zero-order valence-corrected chi connectivity index (χ0v) is 12.1. The Labute approximate surface area is 117 Å².